The number of nitrogens with two attached hydrogens (primary N) is 1. The topological polar surface area (TPSA) is 76.7 Å². The molecule has 0 saturated heterocycles. The highest BCUT2D eigenvalue weighted by Gasteiger charge is 2.10. The van der Waals surface area contributed by atoms with Crippen molar-refractivity contribution < 1.29 is 4.79 Å². The fraction of sp³-hybridized carbons (Fsp3) is 0.273. The number of carbonyl (C=O) groups is 1. The Balaban J connectivity index is 2.14. The normalized spacial score (nSPS) is 10.6. The van der Waals surface area contributed by atoms with E-state index in [4.69, 9.17) is 5.73 Å². The van der Waals surface area contributed by atoms with Crippen molar-refractivity contribution in [3.63, 3.8) is 0 Å². The van der Waals surface area contributed by atoms with Crippen LogP contribution < -0.4 is 5.73 Å². The predicted molar refractivity (Wildman–Crippen MR) is 61.2 cm³/mol. The van der Waals surface area contributed by atoms with Gasteiger partial charge in [0.25, 0.3) is 5.91 Å². The van der Waals surface area contributed by atoms with Crippen molar-refractivity contribution in [1.82, 2.24) is 14.8 Å². The third kappa shape index (κ3) is 1.98. The Morgan fingerprint density at radius 3 is 2.81 bits per heavy atom. The van der Waals surface area contributed by atoms with Crippen LogP contribution in [0.5, 0.6) is 0 Å². The average Bonchev–Trinajstić information content (AvgIpc) is 2.75. The maximum Gasteiger partial charge on any atom is 0.251 e. The molecule has 2 rings (SSSR count). The van der Waals surface area contributed by atoms with Gasteiger partial charge < -0.3 is 10.7 Å². The summed E-state index contributed by atoms with van der Waals surface area (Å²) in [6, 6.07) is 1.94. The van der Waals surface area contributed by atoms with Crippen LogP contribution in [0.1, 0.15) is 21.7 Å². The largest absolute Gasteiger partial charge is 0.396 e. The second-order valence-electron chi connectivity index (χ2n) is 3.88. The fourth-order valence-corrected chi connectivity index (χ4v) is 1.53. The van der Waals surface area contributed by atoms with Gasteiger partial charge in [0.15, 0.2) is 0 Å². The van der Waals surface area contributed by atoms with Crippen LogP contribution in [0.15, 0.2) is 18.5 Å². The van der Waals surface area contributed by atoms with Crippen molar-refractivity contribution in [3.8, 4) is 0 Å². The summed E-state index contributed by atoms with van der Waals surface area (Å²) >= 11 is 0. The second-order valence-corrected chi connectivity index (χ2v) is 3.88. The summed E-state index contributed by atoms with van der Waals surface area (Å²) in [7, 11) is 0. The lowest BCUT2D eigenvalue weighted by molar-refractivity contribution is 0.0898. The smallest absolute Gasteiger partial charge is 0.251 e. The Labute approximate surface area is 93.3 Å². The van der Waals surface area contributed by atoms with Crippen molar-refractivity contribution in [2.45, 2.75) is 20.3 Å². The Morgan fingerprint density at radius 2 is 2.31 bits per heavy atom. The molecule has 3 N–H and O–H groups in total. The maximum atomic E-state index is 11.8. The first kappa shape index (κ1) is 10.5. The minimum atomic E-state index is -0.0844. The Kier molecular flexibility index (Phi) is 2.52. The van der Waals surface area contributed by atoms with Crippen molar-refractivity contribution in [2.75, 3.05) is 5.73 Å². The van der Waals surface area contributed by atoms with Gasteiger partial charge in [0.2, 0.25) is 0 Å². The number of nitrogens with zero attached hydrogens (tertiary/aromatic N) is 2. The van der Waals surface area contributed by atoms with Crippen LogP contribution in [0.25, 0.3) is 0 Å². The van der Waals surface area contributed by atoms with Crippen LogP contribution in [0, 0.1) is 13.8 Å². The van der Waals surface area contributed by atoms with E-state index >= 15 is 0 Å². The number of rotatable bonds is 2. The van der Waals surface area contributed by atoms with Crippen LogP contribution in [-0.4, -0.2) is 20.7 Å². The first-order chi connectivity index (χ1) is 7.56. The molecule has 5 nitrogen and oxygen atoms in total. The zero-order valence-electron chi connectivity index (χ0n) is 9.32. The van der Waals surface area contributed by atoms with Gasteiger partial charge in [0, 0.05) is 11.9 Å². The molecule has 84 valence electrons. The molecule has 0 spiro atoms. The van der Waals surface area contributed by atoms with Crippen molar-refractivity contribution in [1.29, 1.82) is 0 Å². The predicted octanol–water partition coefficient (Wildman–Crippen LogP) is 1.29. The zero-order valence-corrected chi connectivity index (χ0v) is 9.32. The van der Waals surface area contributed by atoms with Crippen LogP contribution in [0.3, 0.4) is 0 Å². The molecule has 0 aromatic carbocycles. The van der Waals surface area contributed by atoms with Gasteiger partial charge in [0.1, 0.15) is 0 Å². The highest BCUT2D eigenvalue weighted by molar-refractivity contribution is 5.81. The highest BCUT2D eigenvalue weighted by Crippen LogP contribution is 2.09. The summed E-state index contributed by atoms with van der Waals surface area (Å²) in [4.78, 5) is 14.9. The van der Waals surface area contributed by atoms with E-state index in [1.165, 1.54) is 4.68 Å². The number of aryl methyl sites for hydroxylation is 2. The lowest BCUT2D eigenvalue weighted by atomic mass is 10.2. The molecule has 0 aliphatic heterocycles. The van der Waals surface area contributed by atoms with E-state index in [-0.39, 0.29) is 5.91 Å². The molecule has 0 bridgehead atoms. The van der Waals surface area contributed by atoms with Crippen LogP contribution in [0.2, 0.25) is 0 Å². The first-order valence-electron chi connectivity index (χ1n) is 5.05. The van der Waals surface area contributed by atoms with E-state index < -0.39 is 0 Å². The average molecular weight is 218 g/mol. The van der Waals surface area contributed by atoms with Crippen LogP contribution in [0.4, 0.5) is 5.69 Å². The number of nitrogens with one attached hydrogen (secondary N) is 1. The molecule has 16 heavy (non-hydrogen) atoms. The van der Waals surface area contributed by atoms with Crippen LogP contribution in [-0.2, 0) is 6.42 Å². The second kappa shape index (κ2) is 3.84. The number of aromatic amines is 1. The standard InChI is InChI=1S/C11H14N4O/c1-7-3-9(5-13-7)4-11(16)15-6-10(12)8(2)14-15/h3,5-6,13H,4,12H2,1-2H3. The van der Waals surface area contributed by atoms with Gasteiger partial charge in [-0.25, -0.2) is 4.68 Å². The molecule has 0 aliphatic rings. The van der Waals surface area contributed by atoms with Crippen molar-refractivity contribution >= 4 is 11.6 Å². The van der Waals surface area contributed by atoms with Gasteiger partial charge in [-0.3, -0.25) is 4.79 Å². The van der Waals surface area contributed by atoms with E-state index in [2.05, 4.69) is 10.1 Å². The third-order valence-corrected chi connectivity index (χ3v) is 2.43. The van der Waals surface area contributed by atoms with Crippen molar-refractivity contribution in [2.24, 2.45) is 0 Å². The number of carbonyl (C=O) groups excluding carboxylic acids is 1. The molecule has 2 aromatic heterocycles. The number of hydrogen-bond acceptors (Lipinski definition) is 3. The summed E-state index contributed by atoms with van der Waals surface area (Å²) in [5, 5.41) is 4.05. The molecule has 0 fully saturated rings. The molecule has 2 aromatic rings. The van der Waals surface area contributed by atoms with E-state index in [0.29, 0.717) is 17.8 Å². The molecule has 5 heteroatoms. The summed E-state index contributed by atoms with van der Waals surface area (Å²) < 4.78 is 1.30. The summed E-state index contributed by atoms with van der Waals surface area (Å²) in [5.74, 6) is -0.0844. The van der Waals surface area contributed by atoms with E-state index in [1.807, 2.05) is 19.2 Å². The number of aromatic nitrogens is 3. The third-order valence-electron chi connectivity index (χ3n) is 2.43. The maximum absolute atomic E-state index is 11.8. The van der Waals surface area contributed by atoms with Crippen molar-refractivity contribution in [3.05, 3.63) is 35.4 Å². The molecule has 0 atom stereocenters. The highest BCUT2D eigenvalue weighted by atomic mass is 16.2. The number of H-pyrrole nitrogens is 1. The van der Waals surface area contributed by atoms with Gasteiger partial charge in [-0.2, -0.15) is 5.10 Å². The molecule has 0 radical (unpaired) electrons. The SMILES string of the molecule is Cc1cc(CC(=O)n2cc(N)c(C)n2)c[nH]1. The van der Waals surface area contributed by atoms with Gasteiger partial charge >= 0.3 is 0 Å². The minimum Gasteiger partial charge on any atom is -0.396 e. The Morgan fingerprint density at radius 1 is 1.56 bits per heavy atom. The van der Waals surface area contributed by atoms with Gasteiger partial charge in [-0.15, -0.1) is 0 Å². The van der Waals surface area contributed by atoms with Crippen LogP contribution >= 0.6 is 0 Å². The van der Waals surface area contributed by atoms with Gasteiger partial charge in [-0.1, -0.05) is 0 Å². The zero-order chi connectivity index (χ0) is 11.7. The summed E-state index contributed by atoms with van der Waals surface area (Å²) in [6.45, 7) is 3.73. The number of nitrogen functional groups attached to an aromatic ring is 1. The molecule has 0 aliphatic carbocycles. The minimum absolute atomic E-state index is 0.0844. The van der Waals surface area contributed by atoms with Gasteiger partial charge in [0.05, 0.1) is 24.0 Å². The lowest BCUT2D eigenvalue weighted by Gasteiger charge is -1.97. The Bertz CT molecular complexity index is 504. The molecule has 0 amide bonds. The summed E-state index contributed by atoms with van der Waals surface area (Å²) in [5.41, 5.74) is 8.85. The fourth-order valence-electron chi connectivity index (χ4n) is 1.53. The molecule has 2 heterocycles. The summed E-state index contributed by atoms with van der Waals surface area (Å²) in [6.07, 6.45) is 3.70. The first-order valence-corrected chi connectivity index (χ1v) is 5.05. The number of anilines is 1. The lowest BCUT2D eigenvalue weighted by Crippen LogP contribution is -2.13. The molecular formula is C11H14N4O. The molecular weight excluding hydrogens is 204 g/mol. The Hall–Kier alpha value is -2.04. The van der Waals surface area contributed by atoms with Gasteiger partial charge in [-0.05, 0) is 25.5 Å². The van der Waals surface area contributed by atoms with E-state index in [0.717, 1.165) is 11.3 Å². The van der Waals surface area contributed by atoms with E-state index in [1.54, 1.807) is 13.1 Å². The quantitative estimate of drug-likeness (QED) is 0.797. The monoisotopic (exact) mass is 218 g/mol. The van der Waals surface area contributed by atoms with E-state index in [9.17, 15) is 4.79 Å². The molecule has 0 unspecified atom stereocenters. The number of hydrogen-bond donors (Lipinski definition) is 2. The molecule has 0 saturated carbocycles.